The smallest absolute Gasteiger partial charge is 0.257 e. The molecule has 0 N–H and O–H groups in total. The minimum absolute atomic E-state index is 0.0526. The fourth-order valence-electron chi connectivity index (χ4n) is 3.28. The summed E-state index contributed by atoms with van der Waals surface area (Å²) in [5.41, 5.74) is 0.675. The molecule has 6 heteroatoms. The molecule has 1 aromatic heterocycles. The molecule has 0 spiro atoms. The molecule has 1 unspecified atom stereocenters. The SMILES string of the molecule is Cc1cc(C(=O)N2CCCOC(CN3CCOCC3)C2)c(C)o1. The normalized spacial score (nSPS) is 23.7. The lowest BCUT2D eigenvalue weighted by atomic mass is 10.2. The van der Waals surface area contributed by atoms with Crippen molar-refractivity contribution in [2.24, 2.45) is 0 Å². The van der Waals surface area contributed by atoms with Crippen molar-refractivity contribution in [3.8, 4) is 0 Å². The molecule has 23 heavy (non-hydrogen) atoms. The molecule has 0 aromatic carbocycles. The molecule has 0 bridgehead atoms. The van der Waals surface area contributed by atoms with E-state index in [-0.39, 0.29) is 12.0 Å². The molecule has 2 aliphatic heterocycles. The van der Waals surface area contributed by atoms with Crippen molar-refractivity contribution in [2.75, 3.05) is 52.5 Å². The number of amides is 1. The minimum atomic E-state index is 0.0526. The Hall–Kier alpha value is -1.37. The van der Waals surface area contributed by atoms with Gasteiger partial charge in [0.2, 0.25) is 0 Å². The molecule has 2 fully saturated rings. The summed E-state index contributed by atoms with van der Waals surface area (Å²) in [6.07, 6.45) is 0.939. The summed E-state index contributed by atoms with van der Waals surface area (Å²) in [5.74, 6) is 1.53. The van der Waals surface area contributed by atoms with Crippen LogP contribution < -0.4 is 0 Å². The number of ether oxygens (including phenoxy) is 2. The van der Waals surface area contributed by atoms with Gasteiger partial charge in [0, 0.05) is 39.3 Å². The van der Waals surface area contributed by atoms with Crippen LogP contribution in [0, 0.1) is 13.8 Å². The maximum Gasteiger partial charge on any atom is 0.257 e. The van der Waals surface area contributed by atoms with Gasteiger partial charge in [-0.1, -0.05) is 0 Å². The minimum Gasteiger partial charge on any atom is -0.466 e. The summed E-state index contributed by atoms with van der Waals surface area (Å²) in [7, 11) is 0. The number of hydrogen-bond acceptors (Lipinski definition) is 5. The van der Waals surface area contributed by atoms with E-state index in [2.05, 4.69) is 4.90 Å². The lowest BCUT2D eigenvalue weighted by Gasteiger charge is -2.31. The molecule has 2 aliphatic rings. The van der Waals surface area contributed by atoms with E-state index in [9.17, 15) is 4.79 Å². The highest BCUT2D eigenvalue weighted by molar-refractivity contribution is 5.95. The van der Waals surface area contributed by atoms with Crippen LogP contribution in [0.5, 0.6) is 0 Å². The predicted octanol–water partition coefficient (Wildman–Crippen LogP) is 1.46. The van der Waals surface area contributed by atoms with Gasteiger partial charge in [-0.05, 0) is 26.3 Å². The Labute approximate surface area is 137 Å². The summed E-state index contributed by atoms with van der Waals surface area (Å²) < 4.78 is 16.9. The van der Waals surface area contributed by atoms with Crippen LogP contribution in [-0.4, -0.2) is 74.4 Å². The van der Waals surface area contributed by atoms with Gasteiger partial charge in [-0.3, -0.25) is 9.69 Å². The highest BCUT2D eigenvalue weighted by Crippen LogP contribution is 2.18. The van der Waals surface area contributed by atoms with E-state index in [1.807, 2.05) is 24.8 Å². The average molecular weight is 322 g/mol. The molecule has 0 radical (unpaired) electrons. The van der Waals surface area contributed by atoms with Gasteiger partial charge in [0.1, 0.15) is 11.5 Å². The lowest BCUT2D eigenvalue weighted by Crippen LogP contribution is -2.45. The first-order valence-corrected chi connectivity index (χ1v) is 8.41. The fraction of sp³-hybridized carbons (Fsp3) is 0.706. The maximum atomic E-state index is 12.8. The number of morpholine rings is 1. The summed E-state index contributed by atoms with van der Waals surface area (Å²) >= 11 is 0. The number of rotatable bonds is 3. The van der Waals surface area contributed by atoms with Crippen molar-refractivity contribution in [3.05, 3.63) is 23.2 Å². The van der Waals surface area contributed by atoms with Crippen LogP contribution in [-0.2, 0) is 9.47 Å². The summed E-state index contributed by atoms with van der Waals surface area (Å²) in [5, 5.41) is 0. The molecule has 128 valence electrons. The van der Waals surface area contributed by atoms with E-state index in [1.54, 1.807) is 0 Å². The number of carbonyl (C=O) groups excluding carboxylic acids is 1. The Morgan fingerprint density at radius 1 is 1.22 bits per heavy atom. The molecule has 1 atom stereocenters. The van der Waals surface area contributed by atoms with E-state index in [0.717, 1.165) is 51.6 Å². The Kier molecular flexibility index (Phi) is 5.35. The van der Waals surface area contributed by atoms with Crippen LogP contribution in [0.2, 0.25) is 0 Å². The maximum absolute atomic E-state index is 12.8. The van der Waals surface area contributed by atoms with Gasteiger partial charge in [0.05, 0.1) is 24.9 Å². The lowest BCUT2D eigenvalue weighted by molar-refractivity contribution is -0.0112. The average Bonchev–Trinajstić information content (AvgIpc) is 2.74. The van der Waals surface area contributed by atoms with Gasteiger partial charge in [-0.15, -0.1) is 0 Å². The monoisotopic (exact) mass is 322 g/mol. The van der Waals surface area contributed by atoms with Gasteiger partial charge in [0.15, 0.2) is 0 Å². The van der Waals surface area contributed by atoms with Crippen molar-refractivity contribution >= 4 is 5.91 Å². The van der Waals surface area contributed by atoms with Gasteiger partial charge in [0.25, 0.3) is 5.91 Å². The number of carbonyl (C=O) groups is 1. The van der Waals surface area contributed by atoms with Crippen LogP contribution >= 0.6 is 0 Å². The standard InChI is InChI=1S/C17H26N2O4/c1-13-10-16(14(2)23-13)17(20)19-4-3-7-22-15(12-19)11-18-5-8-21-9-6-18/h10,15H,3-9,11-12H2,1-2H3. The molecule has 1 amide bonds. The first kappa shape index (κ1) is 16.5. The highest BCUT2D eigenvalue weighted by Gasteiger charge is 2.27. The molecule has 1 aromatic rings. The Morgan fingerprint density at radius 3 is 2.70 bits per heavy atom. The first-order valence-electron chi connectivity index (χ1n) is 8.41. The second-order valence-corrected chi connectivity index (χ2v) is 6.34. The Balaban J connectivity index is 1.64. The zero-order chi connectivity index (χ0) is 16.2. The topological polar surface area (TPSA) is 55.2 Å². The van der Waals surface area contributed by atoms with E-state index >= 15 is 0 Å². The van der Waals surface area contributed by atoms with Crippen molar-refractivity contribution < 1.29 is 18.7 Å². The van der Waals surface area contributed by atoms with Gasteiger partial charge in [-0.25, -0.2) is 0 Å². The van der Waals surface area contributed by atoms with E-state index in [0.29, 0.717) is 24.5 Å². The van der Waals surface area contributed by atoms with E-state index < -0.39 is 0 Å². The molecule has 6 nitrogen and oxygen atoms in total. The number of nitrogens with zero attached hydrogens (tertiary/aromatic N) is 2. The summed E-state index contributed by atoms with van der Waals surface area (Å²) in [4.78, 5) is 17.1. The van der Waals surface area contributed by atoms with Gasteiger partial charge < -0.3 is 18.8 Å². The van der Waals surface area contributed by atoms with Crippen LogP contribution in [0.4, 0.5) is 0 Å². The second-order valence-electron chi connectivity index (χ2n) is 6.34. The third kappa shape index (κ3) is 4.13. The van der Waals surface area contributed by atoms with E-state index in [4.69, 9.17) is 13.9 Å². The molecule has 2 saturated heterocycles. The van der Waals surface area contributed by atoms with Crippen LogP contribution in [0.3, 0.4) is 0 Å². The van der Waals surface area contributed by atoms with Crippen LogP contribution in [0.1, 0.15) is 28.3 Å². The van der Waals surface area contributed by atoms with Crippen LogP contribution in [0.15, 0.2) is 10.5 Å². The van der Waals surface area contributed by atoms with Crippen molar-refractivity contribution in [1.82, 2.24) is 9.80 Å². The third-order valence-electron chi connectivity index (χ3n) is 4.47. The molecule has 3 heterocycles. The highest BCUT2D eigenvalue weighted by atomic mass is 16.5. The molecular weight excluding hydrogens is 296 g/mol. The van der Waals surface area contributed by atoms with Gasteiger partial charge >= 0.3 is 0 Å². The van der Waals surface area contributed by atoms with E-state index in [1.165, 1.54) is 0 Å². The van der Waals surface area contributed by atoms with Crippen LogP contribution in [0.25, 0.3) is 0 Å². The summed E-state index contributed by atoms with van der Waals surface area (Å²) in [6.45, 7) is 10.1. The third-order valence-corrected chi connectivity index (χ3v) is 4.47. The predicted molar refractivity (Wildman–Crippen MR) is 85.7 cm³/mol. The first-order chi connectivity index (χ1) is 11.1. The fourth-order valence-corrected chi connectivity index (χ4v) is 3.28. The molecule has 0 aliphatic carbocycles. The molecular formula is C17H26N2O4. The van der Waals surface area contributed by atoms with Crippen molar-refractivity contribution in [1.29, 1.82) is 0 Å². The van der Waals surface area contributed by atoms with Crippen molar-refractivity contribution in [2.45, 2.75) is 26.4 Å². The zero-order valence-corrected chi connectivity index (χ0v) is 14.0. The Morgan fingerprint density at radius 2 is 2.00 bits per heavy atom. The number of furan rings is 1. The largest absolute Gasteiger partial charge is 0.466 e. The van der Waals surface area contributed by atoms with Crippen molar-refractivity contribution in [3.63, 3.8) is 0 Å². The number of hydrogen-bond donors (Lipinski definition) is 0. The summed E-state index contributed by atoms with van der Waals surface area (Å²) in [6, 6.07) is 1.83. The molecule has 3 rings (SSSR count). The Bertz CT molecular complexity index is 537. The second kappa shape index (κ2) is 7.47. The van der Waals surface area contributed by atoms with Gasteiger partial charge in [-0.2, -0.15) is 0 Å². The number of aryl methyl sites for hydroxylation is 2. The molecule has 0 saturated carbocycles. The quantitative estimate of drug-likeness (QED) is 0.843. The zero-order valence-electron chi connectivity index (χ0n) is 14.0.